The molecule has 0 fully saturated rings. The largest absolute Gasteiger partial charge is 0.496 e. The molecule has 0 aliphatic rings. The lowest BCUT2D eigenvalue weighted by Gasteiger charge is -2.10. The van der Waals surface area contributed by atoms with Crippen molar-refractivity contribution in [2.75, 3.05) is 7.11 Å². The third-order valence-corrected chi connectivity index (χ3v) is 4.72. The molecule has 3 aromatic rings. The molecular formula is C20H25N3O. The molecule has 126 valence electrons. The molecule has 0 aliphatic heterocycles. The quantitative estimate of drug-likeness (QED) is 0.673. The summed E-state index contributed by atoms with van der Waals surface area (Å²) in [5.41, 5.74) is 5.19. The second kappa shape index (κ2) is 6.63. The first-order valence-corrected chi connectivity index (χ1v) is 8.57. The Morgan fingerprint density at radius 2 is 1.88 bits per heavy atom. The molecule has 0 spiro atoms. The molecule has 4 nitrogen and oxygen atoms in total. The monoisotopic (exact) mass is 323 g/mol. The first kappa shape index (κ1) is 16.5. The molecule has 0 radical (unpaired) electrons. The van der Waals surface area contributed by atoms with Crippen LogP contribution in [0.25, 0.3) is 22.3 Å². The number of nitrogens with zero attached hydrogens (tertiary/aromatic N) is 3. The van der Waals surface area contributed by atoms with Crippen LogP contribution in [0.1, 0.15) is 43.9 Å². The second-order valence-corrected chi connectivity index (χ2v) is 6.29. The van der Waals surface area contributed by atoms with Crippen LogP contribution in [0.2, 0.25) is 0 Å². The molecule has 0 aliphatic carbocycles. The fourth-order valence-electron chi connectivity index (χ4n) is 3.29. The minimum Gasteiger partial charge on any atom is -0.496 e. The Labute approximate surface area is 143 Å². The van der Waals surface area contributed by atoms with Crippen LogP contribution in [0.3, 0.4) is 0 Å². The molecule has 0 saturated carbocycles. The van der Waals surface area contributed by atoms with Gasteiger partial charge in [-0.15, -0.1) is 0 Å². The molecule has 4 heteroatoms. The number of rotatable bonds is 5. The number of methoxy groups -OCH3 is 1. The van der Waals surface area contributed by atoms with E-state index in [1.807, 2.05) is 17.8 Å². The van der Waals surface area contributed by atoms with E-state index in [0.717, 1.165) is 46.6 Å². The summed E-state index contributed by atoms with van der Waals surface area (Å²) in [7, 11) is 3.67. The van der Waals surface area contributed by atoms with Gasteiger partial charge in [0.05, 0.1) is 18.5 Å². The van der Waals surface area contributed by atoms with Crippen molar-refractivity contribution in [2.24, 2.45) is 7.05 Å². The summed E-state index contributed by atoms with van der Waals surface area (Å²) in [5.74, 6) is 1.33. The van der Waals surface area contributed by atoms with Gasteiger partial charge in [0.2, 0.25) is 0 Å². The molecule has 0 saturated heterocycles. The number of pyridine rings is 1. The zero-order valence-electron chi connectivity index (χ0n) is 15.1. The summed E-state index contributed by atoms with van der Waals surface area (Å²) in [6, 6.07) is 10.4. The van der Waals surface area contributed by atoms with E-state index >= 15 is 0 Å². The highest BCUT2D eigenvalue weighted by Crippen LogP contribution is 2.33. The Balaban J connectivity index is 2.15. The van der Waals surface area contributed by atoms with Crippen LogP contribution in [0, 0.1) is 6.92 Å². The van der Waals surface area contributed by atoms with Crippen LogP contribution in [0.4, 0.5) is 0 Å². The predicted molar refractivity (Wildman–Crippen MR) is 98.6 cm³/mol. The van der Waals surface area contributed by atoms with Crippen LogP contribution in [0.5, 0.6) is 5.75 Å². The van der Waals surface area contributed by atoms with Crippen molar-refractivity contribution < 1.29 is 4.74 Å². The van der Waals surface area contributed by atoms with Crippen molar-refractivity contribution in [1.29, 1.82) is 0 Å². The maximum atomic E-state index is 5.54. The first-order valence-electron chi connectivity index (χ1n) is 8.57. The van der Waals surface area contributed by atoms with Gasteiger partial charge < -0.3 is 4.74 Å². The van der Waals surface area contributed by atoms with E-state index in [9.17, 15) is 0 Å². The lowest BCUT2D eigenvalue weighted by atomic mass is 9.97. The number of aryl methyl sites for hydroxylation is 2. The summed E-state index contributed by atoms with van der Waals surface area (Å²) < 4.78 is 7.43. The number of fused-ring (bicyclic) bond motifs is 1. The minimum atomic E-state index is 0.482. The Bertz CT molecular complexity index is 863. The van der Waals surface area contributed by atoms with Crippen LogP contribution in [-0.4, -0.2) is 21.9 Å². The van der Waals surface area contributed by atoms with Crippen molar-refractivity contribution in [3.05, 3.63) is 41.6 Å². The van der Waals surface area contributed by atoms with Gasteiger partial charge in [0, 0.05) is 23.9 Å². The number of hydrogen-bond donors (Lipinski definition) is 0. The molecule has 3 rings (SSSR count). The third kappa shape index (κ3) is 2.77. The lowest BCUT2D eigenvalue weighted by molar-refractivity contribution is 0.416. The van der Waals surface area contributed by atoms with Crippen LogP contribution < -0.4 is 4.74 Å². The van der Waals surface area contributed by atoms with Gasteiger partial charge in [0.1, 0.15) is 5.75 Å². The van der Waals surface area contributed by atoms with E-state index in [1.165, 1.54) is 5.56 Å². The summed E-state index contributed by atoms with van der Waals surface area (Å²) >= 11 is 0. The topological polar surface area (TPSA) is 39.9 Å². The number of benzene rings is 1. The smallest absolute Gasteiger partial charge is 0.158 e. The van der Waals surface area contributed by atoms with Crippen LogP contribution in [-0.2, 0) is 7.05 Å². The SMILES string of the molecule is CCC(CC)c1nn(C)c2nc(-c3ccc(C)cc3OC)ccc12. The van der Waals surface area contributed by atoms with E-state index < -0.39 is 0 Å². The minimum absolute atomic E-state index is 0.482. The van der Waals surface area contributed by atoms with Gasteiger partial charge in [-0.25, -0.2) is 4.98 Å². The molecule has 1 aromatic carbocycles. The van der Waals surface area contributed by atoms with Gasteiger partial charge >= 0.3 is 0 Å². The average molecular weight is 323 g/mol. The van der Waals surface area contributed by atoms with Crippen molar-refractivity contribution in [3.8, 4) is 17.0 Å². The van der Waals surface area contributed by atoms with Gasteiger partial charge in [-0.2, -0.15) is 5.10 Å². The van der Waals surface area contributed by atoms with Crippen LogP contribution >= 0.6 is 0 Å². The molecule has 2 aromatic heterocycles. The third-order valence-electron chi connectivity index (χ3n) is 4.72. The zero-order valence-corrected chi connectivity index (χ0v) is 15.1. The van der Waals surface area contributed by atoms with E-state index in [0.29, 0.717) is 5.92 Å². The standard InChI is InChI=1S/C20H25N3O/c1-6-14(7-2)19-16-10-11-17(21-20(16)23(4)22-19)15-9-8-13(3)12-18(15)24-5/h8-12,14H,6-7H2,1-5H3. The highest BCUT2D eigenvalue weighted by atomic mass is 16.5. The second-order valence-electron chi connectivity index (χ2n) is 6.29. The highest BCUT2D eigenvalue weighted by molar-refractivity contribution is 5.83. The maximum absolute atomic E-state index is 5.54. The maximum Gasteiger partial charge on any atom is 0.158 e. The van der Waals surface area contributed by atoms with Gasteiger partial charge in [-0.3, -0.25) is 4.68 Å². The van der Waals surface area contributed by atoms with Crippen LogP contribution in [0.15, 0.2) is 30.3 Å². The Kier molecular flexibility index (Phi) is 4.56. The fraction of sp³-hybridized carbons (Fsp3) is 0.400. The molecule has 0 atom stereocenters. The lowest BCUT2D eigenvalue weighted by Crippen LogP contribution is -1.98. The Morgan fingerprint density at radius 3 is 2.54 bits per heavy atom. The highest BCUT2D eigenvalue weighted by Gasteiger charge is 2.18. The van der Waals surface area contributed by atoms with Gasteiger partial charge in [-0.1, -0.05) is 19.9 Å². The summed E-state index contributed by atoms with van der Waals surface area (Å²) in [6.45, 7) is 6.49. The Hall–Kier alpha value is -2.36. The summed E-state index contributed by atoms with van der Waals surface area (Å²) in [6.07, 6.45) is 2.19. The number of aromatic nitrogens is 3. The molecule has 0 bridgehead atoms. The first-order chi connectivity index (χ1) is 11.6. The number of ether oxygens (including phenoxy) is 1. The molecule has 0 unspecified atom stereocenters. The van der Waals surface area contributed by atoms with Gasteiger partial charge in [0.15, 0.2) is 5.65 Å². The molecule has 0 amide bonds. The summed E-state index contributed by atoms with van der Waals surface area (Å²) in [4.78, 5) is 4.88. The fourth-order valence-corrected chi connectivity index (χ4v) is 3.29. The van der Waals surface area contributed by atoms with Crippen molar-refractivity contribution in [1.82, 2.24) is 14.8 Å². The Morgan fingerprint density at radius 1 is 1.12 bits per heavy atom. The van der Waals surface area contributed by atoms with E-state index in [2.05, 4.69) is 45.0 Å². The molecule has 2 heterocycles. The average Bonchev–Trinajstić information content (AvgIpc) is 2.92. The van der Waals surface area contributed by atoms with E-state index in [1.54, 1.807) is 7.11 Å². The molecule has 24 heavy (non-hydrogen) atoms. The van der Waals surface area contributed by atoms with E-state index in [-0.39, 0.29) is 0 Å². The van der Waals surface area contributed by atoms with Crippen molar-refractivity contribution in [3.63, 3.8) is 0 Å². The predicted octanol–water partition coefficient (Wildman–Crippen LogP) is 4.86. The van der Waals surface area contributed by atoms with Gasteiger partial charge in [0.25, 0.3) is 0 Å². The summed E-state index contributed by atoms with van der Waals surface area (Å²) in [5, 5.41) is 5.90. The van der Waals surface area contributed by atoms with Crippen molar-refractivity contribution >= 4 is 11.0 Å². The van der Waals surface area contributed by atoms with E-state index in [4.69, 9.17) is 14.8 Å². The molecule has 0 N–H and O–H groups in total. The van der Waals surface area contributed by atoms with Crippen molar-refractivity contribution in [2.45, 2.75) is 39.5 Å². The molecular weight excluding hydrogens is 298 g/mol. The zero-order chi connectivity index (χ0) is 17.3. The number of hydrogen-bond acceptors (Lipinski definition) is 3. The van der Waals surface area contributed by atoms with Gasteiger partial charge in [-0.05, 0) is 49.6 Å². The normalized spacial score (nSPS) is 11.4.